The van der Waals surface area contributed by atoms with Crippen LogP contribution >= 0.6 is 31.9 Å². The molecule has 0 fully saturated rings. The molecule has 2 atom stereocenters. The molecule has 0 bridgehead atoms. The van der Waals surface area contributed by atoms with Crippen LogP contribution in [0.5, 0.6) is 0 Å². The minimum absolute atomic E-state index is 0.193. The van der Waals surface area contributed by atoms with Gasteiger partial charge in [0.2, 0.25) is 0 Å². The van der Waals surface area contributed by atoms with E-state index in [0.29, 0.717) is 6.42 Å². The molecule has 0 aliphatic carbocycles. The molecule has 1 rings (SSSR count). The second-order valence-corrected chi connectivity index (χ2v) is 5.45. The molecular formula is C11H11Br2O2-. The van der Waals surface area contributed by atoms with Crippen LogP contribution in [-0.4, -0.2) is 10.8 Å². The number of benzene rings is 1. The highest BCUT2D eigenvalue weighted by molar-refractivity contribution is 9.10. The number of hydrogen-bond acceptors (Lipinski definition) is 2. The van der Waals surface area contributed by atoms with Crippen LogP contribution in [0.15, 0.2) is 30.3 Å². The zero-order valence-corrected chi connectivity index (χ0v) is 11.2. The van der Waals surface area contributed by atoms with E-state index in [1.807, 2.05) is 30.3 Å². The van der Waals surface area contributed by atoms with Gasteiger partial charge in [0.05, 0.1) is 10.8 Å². The molecule has 0 radical (unpaired) electrons. The van der Waals surface area contributed by atoms with E-state index >= 15 is 0 Å². The molecule has 82 valence electrons. The van der Waals surface area contributed by atoms with Crippen molar-refractivity contribution in [2.45, 2.75) is 22.5 Å². The lowest BCUT2D eigenvalue weighted by Gasteiger charge is -2.14. The highest BCUT2D eigenvalue weighted by atomic mass is 79.9. The topological polar surface area (TPSA) is 40.1 Å². The predicted molar refractivity (Wildman–Crippen MR) is 65.1 cm³/mol. The molecule has 0 N–H and O–H groups in total. The first-order valence-electron chi connectivity index (χ1n) is 4.65. The van der Waals surface area contributed by atoms with Gasteiger partial charge in [-0.2, -0.15) is 0 Å². The number of halogens is 2. The summed E-state index contributed by atoms with van der Waals surface area (Å²) >= 11 is 6.59. The standard InChI is InChI=1S/C11H12Br2O2/c12-9(6-7-10(13)11(14)15)8-4-2-1-3-5-8/h1-5,9-10H,6-7H2,(H,14,15)/p-1/t9-,10+/m0/s1. The lowest BCUT2D eigenvalue weighted by Crippen LogP contribution is -2.31. The summed E-state index contributed by atoms with van der Waals surface area (Å²) in [5, 5.41) is 10.5. The normalized spacial score (nSPS) is 14.5. The van der Waals surface area contributed by atoms with Gasteiger partial charge in [0.25, 0.3) is 0 Å². The molecule has 0 heterocycles. The maximum absolute atomic E-state index is 10.5. The summed E-state index contributed by atoms with van der Waals surface area (Å²) in [5.74, 6) is -1.05. The molecule has 0 spiro atoms. The minimum Gasteiger partial charge on any atom is -0.549 e. The van der Waals surface area contributed by atoms with E-state index in [9.17, 15) is 9.90 Å². The van der Waals surface area contributed by atoms with Gasteiger partial charge < -0.3 is 9.90 Å². The summed E-state index contributed by atoms with van der Waals surface area (Å²) in [4.78, 5) is 10.1. The lowest BCUT2D eigenvalue weighted by atomic mass is 10.1. The van der Waals surface area contributed by atoms with Gasteiger partial charge in [0.1, 0.15) is 0 Å². The molecule has 0 aromatic heterocycles. The number of carboxylic acid groups (broad SMARTS) is 1. The van der Waals surface area contributed by atoms with E-state index in [-0.39, 0.29) is 4.83 Å². The summed E-state index contributed by atoms with van der Waals surface area (Å²) in [6.07, 6.45) is 1.31. The van der Waals surface area contributed by atoms with Crippen molar-refractivity contribution in [2.75, 3.05) is 0 Å². The Morgan fingerprint density at radius 3 is 2.33 bits per heavy atom. The minimum atomic E-state index is -1.05. The molecule has 1 aromatic carbocycles. The second-order valence-electron chi connectivity index (χ2n) is 3.24. The zero-order chi connectivity index (χ0) is 11.3. The van der Waals surface area contributed by atoms with E-state index < -0.39 is 10.8 Å². The number of hydrogen-bond donors (Lipinski definition) is 0. The van der Waals surface area contributed by atoms with Crippen molar-refractivity contribution >= 4 is 37.8 Å². The number of aliphatic carboxylic acids is 1. The maximum atomic E-state index is 10.5. The summed E-state index contributed by atoms with van der Waals surface area (Å²) in [6.45, 7) is 0. The number of carbonyl (C=O) groups is 1. The Morgan fingerprint density at radius 1 is 1.20 bits per heavy atom. The van der Waals surface area contributed by atoms with E-state index in [2.05, 4.69) is 31.9 Å². The van der Waals surface area contributed by atoms with Crippen molar-refractivity contribution in [2.24, 2.45) is 0 Å². The highest BCUT2D eigenvalue weighted by Crippen LogP contribution is 2.28. The van der Waals surface area contributed by atoms with Gasteiger partial charge in [-0.05, 0) is 18.4 Å². The van der Waals surface area contributed by atoms with Gasteiger partial charge in [-0.15, -0.1) is 0 Å². The monoisotopic (exact) mass is 333 g/mol. The van der Waals surface area contributed by atoms with Crippen LogP contribution in [0.2, 0.25) is 0 Å². The Morgan fingerprint density at radius 2 is 1.80 bits per heavy atom. The van der Waals surface area contributed by atoms with Crippen molar-refractivity contribution in [3.63, 3.8) is 0 Å². The van der Waals surface area contributed by atoms with Crippen LogP contribution in [0.1, 0.15) is 23.2 Å². The molecule has 4 heteroatoms. The summed E-state index contributed by atoms with van der Waals surface area (Å²) < 4.78 is 0. The number of rotatable bonds is 5. The van der Waals surface area contributed by atoms with Crippen LogP contribution in [0.3, 0.4) is 0 Å². The number of carbonyl (C=O) groups excluding carboxylic acids is 1. The Kier molecular flexibility index (Phi) is 5.32. The Hall–Kier alpha value is -0.350. The van der Waals surface area contributed by atoms with Gasteiger partial charge >= 0.3 is 0 Å². The third kappa shape index (κ3) is 4.34. The van der Waals surface area contributed by atoms with E-state index in [0.717, 1.165) is 12.0 Å². The first kappa shape index (κ1) is 12.7. The molecule has 0 aliphatic rings. The van der Waals surface area contributed by atoms with Crippen molar-refractivity contribution < 1.29 is 9.90 Å². The largest absolute Gasteiger partial charge is 0.549 e. The fraction of sp³-hybridized carbons (Fsp3) is 0.364. The molecule has 1 aromatic rings. The third-order valence-corrected chi connectivity index (χ3v) is 3.91. The van der Waals surface area contributed by atoms with Crippen LogP contribution in [-0.2, 0) is 4.79 Å². The molecular weight excluding hydrogens is 324 g/mol. The van der Waals surface area contributed by atoms with Crippen LogP contribution in [0.25, 0.3) is 0 Å². The Balaban J connectivity index is 2.43. The van der Waals surface area contributed by atoms with Crippen molar-refractivity contribution in [3.05, 3.63) is 35.9 Å². The fourth-order valence-corrected chi connectivity index (χ4v) is 2.07. The highest BCUT2D eigenvalue weighted by Gasteiger charge is 2.11. The maximum Gasteiger partial charge on any atom is 0.0551 e. The number of carboxylic acids is 1. The summed E-state index contributed by atoms with van der Waals surface area (Å²) in [6, 6.07) is 9.92. The molecule has 15 heavy (non-hydrogen) atoms. The Bertz CT molecular complexity index is 314. The van der Waals surface area contributed by atoms with E-state index in [1.54, 1.807) is 0 Å². The van der Waals surface area contributed by atoms with Crippen LogP contribution < -0.4 is 5.11 Å². The first-order chi connectivity index (χ1) is 7.11. The molecule has 0 aliphatic heterocycles. The van der Waals surface area contributed by atoms with Crippen LogP contribution in [0, 0.1) is 0 Å². The van der Waals surface area contributed by atoms with Gasteiger partial charge in [-0.1, -0.05) is 62.2 Å². The smallest absolute Gasteiger partial charge is 0.0551 e. The van der Waals surface area contributed by atoms with Crippen molar-refractivity contribution in [1.82, 2.24) is 0 Å². The van der Waals surface area contributed by atoms with Gasteiger partial charge in [-0.3, -0.25) is 0 Å². The van der Waals surface area contributed by atoms with E-state index in [4.69, 9.17) is 0 Å². The van der Waals surface area contributed by atoms with Gasteiger partial charge in [0.15, 0.2) is 0 Å². The molecule has 0 saturated carbocycles. The summed E-state index contributed by atoms with van der Waals surface area (Å²) in [7, 11) is 0. The third-order valence-electron chi connectivity index (χ3n) is 2.09. The SMILES string of the molecule is O=C([O-])[C@H](Br)CC[C@H](Br)c1ccccc1. The fourth-order valence-electron chi connectivity index (χ4n) is 1.24. The molecule has 2 nitrogen and oxygen atoms in total. The average Bonchev–Trinajstić information content (AvgIpc) is 2.26. The zero-order valence-electron chi connectivity index (χ0n) is 8.03. The first-order valence-corrected chi connectivity index (χ1v) is 6.48. The number of alkyl halides is 2. The second kappa shape index (κ2) is 6.28. The molecule has 0 amide bonds. The van der Waals surface area contributed by atoms with Crippen molar-refractivity contribution in [3.8, 4) is 0 Å². The molecule has 0 unspecified atom stereocenters. The van der Waals surface area contributed by atoms with Gasteiger partial charge in [0, 0.05) is 4.83 Å². The van der Waals surface area contributed by atoms with Crippen LogP contribution in [0.4, 0.5) is 0 Å². The van der Waals surface area contributed by atoms with Crippen molar-refractivity contribution in [1.29, 1.82) is 0 Å². The average molecular weight is 335 g/mol. The van der Waals surface area contributed by atoms with Gasteiger partial charge in [-0.25, -0.2) is 0 Å². The van der Waals surface area contributed by atoms with E-state index in [1.165, 1.54) is 0 Å². The Labute approximate surface area is 106 Å². The summed E-state index contributed by atoms with van der Waals surface area (Å²) in [5.41, 5.74) is 1.16. The quantitative estimate of drug-likeness (QED) is 0.776. The predicted octanol–water partition coefficient (Wildman–Crippen LogP) is 2.42. The lowest BCUT2D eigenvalue weighted by molar-refractivity contribution is -0.304. The molecule has 0 saturated heterocycles.